The van der Waals surface area contributed by atoms with Gasteiger partial charge in [-0.2, -0.15) is 0 Å². The average Bonchev–Trinajstić information content (AvgIpc) is 2.93. The van der Waals surface area contributed by atoms with E-state index >= 15 is 0 Å². The van der Waals surface area contributed by atoms with Gasteiger partial charge in [-0.25, -0.2) is 4.98 Å². The lowest BCUT2D eigenvalue weighted by Crippen LogP contribution is -2.38. The zero-order valence-electron chi connectivity index (χ0n) is 10.4. The molecule has 94 valence electrons. The number of hydrogen-bond acceptors (Lipinski definition) is 4. The van der Waals surface area contributed by atoms with Gasteiger partial charge in [-0.15, -0.1) is 0 Å². The van der Waals surface area contributed by atoms with Crippen LogP contribution in [0.25, 0.3) is 0 Å². The zero-order valence-corrected chi connectivity index (χ0v) is 10.4. The highest BCUT2D eigenvalue weighted by Crippen LogP contribution is 2.25. The molecule has 0 spiro atoms. The number of aromatic nitrogens is 1. The van der Waals surface area contributed by atoms with Crippen molar-refractivity contribution in [2.24, 2.45) is 0 Å². The quantitative estimate of drug-likeness (QED) is 0.813. The van der Waals surface area contributed by atoms with Crippen molar-refractivity contribution in [3.63, 3.8) is 0 Å². The third kappa shape index (κ3) is 2.24. The maximum absolute atomic E-state index is 5.74. The number of furan rings is 1. The summed E-state index contributed by atoms with van der Waals surface area (Å²) in [5.74, 6) is 1.89. The van der Waals surface area contributed by atoms with Gasteiger partial charge in [-0.1, -0.05) is 6.07 Å². The van der Waals surface area contributed by atoms with E-state index in [0.717, 1.165) is 30.4 Å². The normalized spacial score (nSPS) is 20.1. The summed E-state index contributed by atoms with van der Waals surface area (Å²) in [4.78, 5) is 6.79. The molecule has 0 radical (unpaired) electrons. The van der Waals surface area contributed by atoms with Crippen LogP contribution in [0.15, 0.2) is 41.0 Å². The van der Waals surface area contributed by atoms with E-state index in [1.165, 1.54) is 0 Å². The van der Waals surface area contributed by atoms with Crippen LogP contribution in [0, 0.1) is 6.92 Å². The van der Waals surface area contributed by atoms with E-state index in [2.05, 4.69) is 9.88 Å². The van der Waals surface area contributed by atoms with Gasteiger partial charge >= 0.3 is 0 Å². The van der Waals surface area contributed by atoms with Crippen LogP contribution < -0.4 is 4.90 Å². The minimum Gasteiger partial charge on any atom is -0.467 e. The van der Waals surface area contributed by atoms with Gasteiger partial charge in [0.2, 0.25) is 0 Å². The smallest absolute Gasteiger partial charge is 0.134 e. The molecule has 3 rings (SSSR count). The predicted octanol–water partition coefficient (Wildman–Crippen LogP) is 2.56. The molecule has 4 heteroatoms. The van der Waals surface area contributed by atoms with Crippen molar-refractivity contribution in [2.75, 3.05) is 24.6 Å². The zero-order chi connectivity index (χ0) is 12.4. The number of ether oxygens (including phenoxy) is 1. The van der Waals surface area contributed by atoms with Crippen molar-refractivity contribution >= 4 is 5.82 Å². The Hall–Kier alpha value is -1.81. The molecule has 0 N–H and O–H groups in total. The minimum absolute atomic E-state index is 0.00365. The van der Waals surface area contributed by atoms with Crippen molar-refractivity contribution in [1.82, 2.24) is 4.98 Å². The van der Waals surface area contributed by atoms with Gasteiger partial charge < -0.3 is 14.1 Å². The number of hydrogen-bond donors (Lipinski definition) is 0. The van der Waals surface area contributed by atoms with Crippen LogP contribution in [-0.2, 0) is 4.74 Å². The van der Waals surface area contributed by atoms with Crippen LogP contribution in [0.3, 0.4) is 0 Å². The van der Waals surface area contributed by atoms with Crippen molar-refractivity contribution in [2.45, 2.75) is 13.0 Å². The van der Waals surface area contributed by atoms with E-state index in [0.29, 0.717) is 6.61 Å². The van der Waals surface area contributed by atoms with E-state index in [-0.39, 0.29) is 6.10 Å². The van der Waals surface area contributed by atoms with Crippen LogP contribution >= 0.6 is 0 Å². The summed E-state index contributed by atoms with van der Waals surface area (Å²) in [6.45, 7) is 4.35. The van der Waals surface area contributed by atoms with Crippen molar-refractivity contribution in [1.29, 1.82) is 0 Å². The molecule has 0 aliphatic carbocycles. The maximum Gasteiger partial charge on any atom is 0.134 e. The maximum atomic E-state index is 5.74. The minimum atomic E-state index is -0.00365. The van der Waals surface area contributed by atoms with Crippen LogP contribution in [0.2, 0.25) is 0 Å². The molecule has 3 heterocycles. The standard InChI is InChI=1S/C14H16N2O2/c1-11-4-2-6-14(15-11)16-7-9-18-13(10-16)12-5-3-8-17-12/h2-6,8,13H,7,9-10H2,1H3. The van der Waals surface area contributed by atoms with Gasteiger partial charge in [-0.3, -0.25) is 0 Å². The molecule has 1 atom stereocenters. The second kappa shape index (κ2) is 4.82. The third-order valence-electron chi connectivity index (χ3n) is 3.12. The van der Waals surface area contributed by atoms with Crippen molar-refractivity contribution in [3.05, 3.63) is 48.0 Å². The van der Waals surface area contributed by atoms with Gasteiger partial charge in [0, 0.05) is 12.2 Å². The molecule has 1 aliphatic rings. The van der Waals surface area contributed by atoms with Crippen LogP contribution in [0.4, 0.5) is 5.82 Å². The molecule has 0 saturated carbocycles. The SMILES string of the molecule is Cc1cccc(N2CCOC(c3ccco3)C2)n1. The van der Waals surface area contributed by atoms with Gasteiger partial charge in [0.05, 0.1) is 19.4 Å². The van der Waals surface area contributed by atoms with E-state index in [1.807, 2.05) is 37.3 Å². The topological polar surface area (TPSA) is 38.5 Å². The van der Waals surface area contributed by atoms with Gasteiger partial charge in [0.25, 0.3) is 0 Å². The first-order valence-electron chi connectivity index (χ1n) is 6.16. The Morgan fingerprint density at radius 3 is 3.00 bits per heavy atom. The Morgan fingerprint density at radius 1 is 1.28 bits per heavy atom. The van der Waals surface area contributed by atoms with Crippen LogP contribution in [-0.4, -0.2) is 24.7 Å². The van der Waals surface area contributed by atoms with Crippen molar-refractivity contribution in [3.8, 4) is 0 Å². The molecule has 1 saturated heterocycles. The molecular weight excluding hydrogens is 228 g/mol. The molecule has 0 bridgehead atoms. The van der Waals surface area contributed by atoms with E-state index in [1.54, 1.807) is 6.26 Å². The highest BCUT2D eigenvalue weighted by molar-refractivity contribution is 5.40. The monoisotopic (exact) mass is 244 g/mol. The highest BCUT2D eigenvalue weighted by Gasteiger charge is 2.24. The Morgan fingerprint density at radius 2 is 2.22 bits per heavy atom. The second-order valence-corrected chi connectivity index (χ2v) is 4.46. The number of pyridine rings is 1. The van der Waals surface area contributed by atoms with E-state index in [9.17, 15) is 0 Å². The molecule has 0 amide bonds. The van der Waals surface area contributed by atoms with E-state index < -0.39 is 0 Å². The lowest BCUT2D eigenvalue weighted by atomic mass is 10.2. The average molecular weight is 244 g/mol. The summed E-state index contributed by atoms with van der Waals surface area (Å²) in [6, 6.07) is 9.93. The Bertz CT molecular complexity index is 510. The molecule has 2 aromatic heterocycles. The molecule has 0 aromatic carbocycles. The predicted molar refractivity (Wildman–Crippen MR) is 68.6 cm³/mol. The Labute approximate surface area is 106 Å². The van der Waals surface area contributed by atoms with Crippen molar-refractivity contribution < 1.29 is 9.15 Å². The summed E-state index contributed by atoms with van der Waals surface area (Å²) in [5, 5.41) is 0. The lowest BCUT2D eigenvalue weighted by Gasteiger charge is -2.32. The first-order chi connectivity index (χ1) is 8.83. The number of anilines is 1. The van der Waals surface area contributed by atoms with Gasteiger partial charge in [-0.05, 0) is 31.2 Å². The Kier molecular flexibility index (Phi) is 3.02. The second-order valence-electron chi connectivity index (χ2n) is 4.46. The first-order valence-corrected chi connectivity index (χ1v) is 6.16. The van der Waals surface area contributed by atoms with Gasteiger partial charge in [0.15, 0.2) is 0 Å². The summed E-state index contributed by atoms with van der Waals surface area (Å²) in [5.41, 5.74) is 1.04. The lowest BCUT2D eigenvalue weighted by molar-refractivity contribution is 0.0255. The van der Waals surface area contributed by atoms with Crippen LogP contribution in [0.1, 0.15) is 17.6 Å². The molecule has 1 aliphatic heterocycles. The molecule has 18 heavy (non-hydrogen) atoms. The van der Waals surface area contributed by atoms with E-state index in [4.69, 9.17) is 9.15 Å². The molecule has 1 unspecified atom stereocenters. The fourth-order valence-electron chi connectivity index (χ4n) is 2.21. The number of morpholine rings is 1. The molecular formula is C14H16N2O2. The third-order valence-corrected chi connectivity index (χ3v) is 3.12. The fourth-order valence-corrected chi connectivity index (χ4v) is 2.21. The summed E-state index contributed by atoms with van der Waals surface area (Å²) in [7, 11) is 0. The largest absolute Gasteiger partial charge is 0.467 e. The summed E-state index contributed by atoms with van der Waals surface area (Å²) >= 11 is 0. The molecule has 1 fully saturated rings. The molecule has 2 aromatic rings. The Balaban J connectivity index is 1.78. The molecule has 4 nitrogen and oxygen atoms in total. The van der Waals surface area contributed by atoms with Crippen LogP contribution in [0.5, 0.6) is 0 Å². The fraction of sp³-hybridized carbons (Fsp3) is 0.357. The number of nitrogens with zero attached hydrogens (tertiary/aromatic N) is 2. The summed E-state index contributed by atoms with van der Waals surface area (Å²) in [6.07, 6.45) is 1.68. The van der Waals surface area contributed by atoms with Gasteiger partial charge in [0.1, 0.15) is 17.7 Å². The summed E-state index contributed by atoms with van der Waals surface area (Å²) < 4.78 is 11.1. The number of rotatable bonds is 2. The highest BCUT2D eigenvalue weighted by atomic mass is 16.5. The number of aryl methyl sites for hydroxylation is 1. The first kappa shape index (κ1) is 11.3.